The Morgan fingerprint density at radius 1 is 1.03 bits per heavy atom. The highest BCUT2D eigenvalue weighted by molar-refractivity contribution is 7.09. The highest BCUT2D eigenvalue weighted by Gasteiger charge is 2.10. The van der Waals surface area contributed by atoms with Gasteiger partial charge in [-0.05, 0) is 49.4 Å². The fourth-order valence-corrected chi connectivity index (χ4v) is 4.19. The molecule has 2 aromatic carbocycles. The van der Waals surface area contributed by atoms with Gasteiger partial charge in [0.2, 0.25) is 5.88 Å². The second-order valence-electron chi connectivity index (χ2n) is 8.40. The van der Waals surface area contributed by atoms with Crippen LogP contribution in [0.15, 0.2) is 59.4 Å². The standard InChI is InChI=1S/C26H34N2O5S/c1-19(27-16-22(29)18-32-14-6-5-9-20-7-3-2-4-8-20)17-33-23-12-10-21(11-13-23)15-24-25(30)28-26(31)34-24/h2-4,7-8,10-13,19,22,27,29-30H,5-6,9,14-18H2,1H3,(H,28,31). The summed E-state index contributed by atoms with van der Waals surface area (Å²) in [4.78, 5) is 14.0. The van der Waals surface area contributed by atoms with E-state index in [1.165, 1.54) is 5.56 Å². The van der Waals surface area contributed by atoms with E-state index in [9.17, 15) is 15.0 Å². The van der Waals surface area contributed by atoms with Gasteiger partial charge in [0, 0.05) is 25.6 Å². The lowest BCUT2D eigenvalue weighted by Gasteiger charge is -2.18. The van der Waals surface area contributed by atoms with Crippen molar-refractivity contribution in [3.05, 3.63) is 80.3 Å². The van der Waals surface area contributed by atoms with Crippen molar-refractivity contribution in [3.8, 4) is 11.6 Å². The van der Waals surface area contributed by atoms with E-state index in [4.69, 9.17) is 9.47 Å². The molecular weight excluding hydrogens is 452 g/mol. The van der Waals surface area contributed by atoms with Gasteiger partial charge >= 0.3 is 4.87 Å². The van der Waals surface area contributed by atoms with Gasteiger partial charge < -0.3 is 25.0 Å². The Labute approximate surface area is 204 Å². The summed E-state index contributed by atoms with van der Waals surface area (Å²) < 4.78 is 11.4. The van der Waals surface area contributed by atoms with Crippen LogP contribution >= 0.6 is 11.3 Å². The number of hydrogen-bond donors (Lipinski definition) is 4. The molecule has 7 nitrogen and oxygen atoms in total. The minimum Gasteiger partial charge on any atom is -0.494 e. The Kier molecular flexibility index (Phi) is 10.6. The first kappa shape index (κ1) is 26.0. The van der Waals surface area contributed by atoms with Crippen LogP contribution in [0.5, 0.6) is 11.6 Å². The van der Waals surface area contributed by atoms with Crippen LogP contribution in [0.25, 0.3) is 0 Å². The van der Waals surface area contributed by atoms with Gasteiger partial charge in [0.25, 0.3) is 0 Å². The van der Waals surface area contributed by atoms with Gasteiger partial charge in [-0.15, -0.1) is 0 Å². The average Bonchev–Trinajstić information content (AvgIpc) is 3.16. The quantitative estimate of drug-likeness (QED) is 0.245. The molecule has 1 heterocycles. The molecule has 0 aliphatic heterocycles. The van der Waals surface area contributed by atoms with E-state index in [1.54, 1.807) is 0 Å². The molecule has 1 aromatic heterocycles. The van der Waals surface area contributed by atoms with Crippen LogP contribution in [-0.4, -0.2) is 53.7 Å². The molecule has 0 saturated carbocycles. The van der Waals surface area contributed by atoms with Crippen LogP contribution in [0.4, 0.5) is 0 Å². The van der Waals surface area contributed by atoms with E-state index in [2.05, 4.69) is 34.6 Å². The van der Waals surface area contributed by atoms with Gasteiger partial charge in [-0.2, -0.15) is 0 Å². The summed E-state index contributed by atoms with van der Waals surface area (Å²) in [6, 6.07) is 18.1. The molecule has 0 radical (unpaired) electrons. The number of H-pyrrole nitrogens is 1. The largest absolute Gasteiger partial charge is 0.494 e. The molecule has 184 valence electrons. The Bertz CT molecular complexity index is 1020. The number of aryl methyl sites for hydroxylation is 1. The molecule has 34 heavy (non-hydrogen) atoms. The summed E-state index contributed by atoms with van der Waals surface area (Å²) in [6.45, 7) is 3.88. The number of aromatic hydroxyl groups is 1. The molecule has 8 heteroatoms. The molecule has 4 N–H and O–H groups in total. The zero-order chi connectivity index (χ0) is 24.2. The molecule has 0 saturated heterocycles. The number of hydrogen-bond acceptors (Lipinski definition) is 7. The molecule has 3 rings (SSSR count). The number of thiazole rings is 1. The van der Waals surface area contributed by atoms with Crippen LogP contribution < -0.4 is 14.9 Å². The number of nitrogens with one attached hydrogen (secondary N) is 2. The number of rotatable bonds is 15. The van der Waals surface area contributed by atoms with Gasteiger partial charge in [-0.25, -0.2) is 0 Å². The molecule has 0 aliphatic carbocycles. The normalized spacial score (nSPS) is 13.0. The predicted octanol–water partition coefficient (Wildman–Crippen LogP) is 3.49. The molecule has 2 unspecified atom stereocenters. The maximum absolute atomic E-state index is 11.3. The Morgan fingerprint density at radius 2 is 1.79 bits per heavy atom. The topological polar surface area (TPSA) is 104 Å². The number of ether oxygens (including phenoxy) is 2. The summed E-state index contributed by atoms with van der Waals surface area (Å²) in [7, 11) is 0. The van der Waals surface area contributed by atoms with Crippen LogP contribution in [0.2, 0.25) is 0 Å². The smallest absolute Gasteiger partial charge is 0.307 e. The Morgan fingerprint density at radius 3 is 2.50 bits per heavy atom. The number of aromatic amines is 1. The zero-order valence-corrected chi connectivity index (χ0v) is 20.4. The minimum absolute atomic E-state index is 0.0640. The van der Waals surface area contributed by atoms with Gasteiger partial charge in [-0.1, -0.05) is 53.8 Å². The first-order chi connectivity index (χ1) is 16.5. The number of aliphatic hydroxyl groups is 1. The molecular formula is C26H34N2O5S. The van der Waals surface area contributed by atoms with Crippen molar-refractivity contribution in [1.29, 1.82) is 0 Å². The first-order valence-electron chi connectivity index (χ1n) is 11.7. The third kappa shape index (κ3) is 9.30. The maximum atomic E-state index is 11.3. The number of benzene rings is 2. The van der Waals surface area contributed by atoms with E-state index in [-0.39, 0.29) is 16.8 Å². The Balaban J connectivity index is 1.24. The van der Waals surface area contributed by atoms with Crippen molar-refractivity contribution in [2.45, 2.75) is 44.8 Å². The monoisotopic (exact) mass is 486 g/mol. The zero-order valence-electron chi connectivity index (χ0n) is 19.5. The summed E-state index contributed by atoms with van der Waals surface area (Å²) in [6.07, 6.45) is 3.03. The van der Waals surface area contributed by atoms with E-state index in [0.717, 1.165) is 41.9 Å². The van der Waals surface area contributed by atoms with E-state index in [1.807, 2.05) is 37.3 Å². The molecule has 0 bridgehead atoms. The summed E-state index contributed by atoms with van der Waals surface area (Å²) in [5.41, 5.74) is 2.32. The van der Waals surface area contributed by atoms with Crippen LogP contribution in [-0.2, 0) is 17.6 Å². The highest BCUT2D eigenvalue weighted by atomic mass is 32.1. The molecule has 3 aromatic rings. The van der Waals surface area contributed by atoms with Crippen molar-refractivity contribution < 1.29 is 19.7 Å². The van der Waals surface area contributed by atoms with Crippen molar-refractivity contribution in [2.24, 2.45) is 0 Å². The lowest BCUT2D eigenvalue weighted by atomic mass is 10.1. The van der Waals surface area contributed by atoms with Crippen LogP contribution in [0.3, 0.4) is 0 Å². The van der Waals surface area contributed by atoms with Gasteiger partial charge in [-0.3, -0.25) is 9.78 Å². The average molecular weight is 487 g/mol. The predicted molar refractivity (Wildman–Crippen MR) is 135 cm³/mol. The van der Waals surface area contributed by atoms with Crippen LogP contribution in [0, 0.1) is 0 Å². The van der Waals surface area contributed by atoms with Crippen molar-refractivity contribution in [2.75, 3.05) is 26.4 Å². The fourth-order valence-electron chi connectivity index (χ4n) is 3.43. The SMILES string of the molecule is CC(COc1ccc(Cc2sc(=O)[nH]c2O)cc1)NCC(O)COCCCCc1ccccc1. The fraction of sp³-hybridized carbons (Fsp3) is 0.423. The summed E-state index contributed by atoms with van der Waals surface area (Å²) >= 11 is 1.01. The van der Waals surface area contributed by atoms with Gasteiger partial charge in [0.15, 0.2) is 0 Å². The van der Waals surface area contributed by atoms with E-state index < -0.39 is 6.10 Å². The third-order valence-electron chi connectivity index (χ3n) is 5.35. The lowest BCUT2D eigenvalue weighted by Crippen LogP contribution is -2.39. The molecule has 0 amide bonds. The van der Waals surface area contributed by atoms with E-state index >= 15 is 0 Å². The van der Waals surface area contributed by atoms with Gasteiger partial charge in [0.1, 0.15) is 12.4 Å². The molecule has 0 spiro atoms. The summed E-state index contributed by atoms with van der Waals surface area (Å²) in [5, 5.41) is 23.1. The van der Waals surface area contributed by atoms with Crippen molar-refractivity contribution >= 4 is 11.3 Å². The highest BCUT2D eigenvalue weighted by Crippen LogP contribution is 2.21. The first-order valence-corrected chi connectivity index (χ1v) is 12.5. The van der Waals surface area contributed by atoms with E-state index in [0.29, 0.717) is 37.7 Å². The minimum atomic E-state index is -0.559. The van der Waals surface area contributed by atoms with Crippen LogP contribution in [0.1, 0.15) is 35.8 Å². The van der Waals surface area contributed by atoms with Crippen molar-refractivity contribution in [1.82, 2.24) is 10.3 Å². The number of aliphatic hydroxyl groups excluding tert-OH is 1. The maximum Gasteiger partial charge on any atom is 0.307 e. The Hall–Kier alpha value is -2.65. The van der Waals surface area contributed by atoms with Crippen molar-refractivity contribution in [3.63, 3.8) is 0 Å². The molecule has 2 atom stereocenters. The van der Waals surface area contributed by atoms with Gasteiger partial charge in [0.05, 0.1) is 17.6 Å². The third-order valence-corrected chi connectivity index (χ3v) is 6.22. The molecule has 0 fully saturated rings. The second kappa shape index (κ2) is 13.9. The molecule has 0 aliphatic rings. The number of aromatic nitrogens is 1. The summed E-state index contributed by atoms with van der Waals surface area (Å²) in [5.74, 6) is 0.675. The second-order valence-corrected chi connectivity index (χ2v) is 9.47. The number of unbranched alkanes of at least 4 members (excludes halogenated alkanes) is 1. The lowest BCUT2D eigenvalue weighted by molar-refractivity contribution is 0.0338.